The van der Waals surface area contributed by atoms with Crippen molar-refractivity contribution >= 4 is 29.8 Å². The van der Waals surface area contributed by atoms with Gasteiger partial charge < -0.3 is 35.0 Å². The van der Waals surface area contributed by atoms with Crippen LogP contribution in [0.2, 0.25) is 0 Å². The summed E-state index contributed by atoms with van der Waals surface area (Å²) in [6, 6.07) is 13.8. The van der Waals surface area contributed by atoms with Crippen LogP contribution in [0, 0.1) is 0 Å². The summed E-state index contributed by atoms with van der Waals surface area (Å²) in [4.78, 5) is 68.1. The van der Waals surface area contributed by atoms with E-state index in [2.05, 4.69) is 10.6 Å². The van der Waals surface area contributed by atoms with E-state index in [0.29, 0.717) is 12.0 Å². The molecule has 2 aromatic rings. The Morgan fingerprint density at radius 2 is 1.62 bits per heavy atom. The number of esters is 1. The second-order valence-electron chi connectivity index (χ2n) is 10.4. The Balaban J connectivity index is 1.38. The molecule has 3 aliphatic rings. The SMILES string of the molecule is O=C1CC(NC(=O)C2CN(C(=O)OCc3ccccc3)CC3CC=CCC(NC(=O)c4ccccc4)C(=O)N32)C(O)O1. The first-order valence-electron chi connectivity index (χ1n) is 13.8. The fourth-order valence-electron chi connectivity index (χ4n) is 5.32. The average molecular weight is 577 g/mol. The molecule has 12 nitrogen and oxygen atoms in total. The number of benzene rings is 2. The summed E-state index contributed by atoms with van der Waals surface area (Å²) in [5.74, 6) is -2.26. The van der Waals surface area contributed by atoms with Crippen molar-refractivity contribution in [1.29, 1.82) is 0 Å². The number of ether oxygens (including phenoxy) is 2. The number of nitrogens with one attached hydrogen (secondary N) is 2. The fourth-order valence-corrected chi connectivity index (χ4v) is 5.32. The van der Waals surface area contributed by atoms with Gasteiger partial charge in [-0.15, -0.1) is 0 Å². The van der Waals surface area contributed by atoms with Crippen molar-refractivity contribution in [3.8, 4) is 0 Å². The van der Waals surface area contributed by atoms with Crippen molar-refractivity contribution in [3.05, 3.63) is 83.9 Å². The van der Waals surface area contributed by atoms with Gasteiger partial charge in [-0.25, -0.2) is 4.79 Å². The van der Waals surface area contributed by atoms with E-state index in [1.165, 1.54) is 9.80 Å². The summed E-state index contributed by atoms with van der Waals surface area (Å²) in [6.45, 7) is -0.0651. The van der Waals surface area contributed by atoms with Crippen LogP contribution < -0.4 is 10.6 Å². The molecule has 2 aromatic carbocycles. The van der Waals surface area contributed by atoms with Gasteiger partial charge in [0.25, 0.3) is 5.91 Å². The van der Waals surface area contributed by atoms with E-state index in [1.807, 2.05) is 36.4 Å². The number of rotatable bonds is 6. The molecule has 5 rings (SSSR count). The van der Waals surface area contributed by atoms with Gasteiger partial charge >= 0.3 is 12.1 Å². The summed E-state index contributed by atoms with van der Waals surface area (Å²) in [5.41, 5.74) is 1.17. The third-order valence-electron chi connectivity index (χ3n) is 7.47. The zero-order chi connectivity index (χ0) is 29.6. The van der Waals surface area contributed by atoms with Crippen molar-refractivity contribution in [2.24, 2.45) is 0 Å². The Labute approximate surface area is 242 Å². The lowest BCUT2D eigenvalue weighted by Gasteiger charge is -2.47. The minimum atomic E-state index is -1.53. The maximum Gasteiger partial charge on any atom is 0.410 e. The van der Waals surface area contributed by atoms with E-state index in [-0.39, 0.29) is 32.5 Å². The van der Waals surface area contributed by atoms with Crippen molar-refractivity contribution in [3.63, 3.8) is 0 Å². The minimum absolute atomic E-state index is 0.0293. The molecule has 5 unspecified atom stereocenters. The minimum Gasteiger partial charge on any atom is -0.445 e. The molecule has 0 spiro atoms. The number of piperazine rings is 1. The Hall–Kier alpha value is -4.71. The van der Waals surface area contributed by atoms with Gasteiger partial charge in [0.05, 0.1) is 19.0 Å². The molecule has 42 heavy (non-hydrogen) atoms. The molecule has 12 heteroatoms. The number of cyclic esters (lactones) is 1. The van der Waals surface area contributed by atoms with Gasteiger partial charge in [0.15, 0.2) is 0 Å². The number of amides is 4. The second kappa shape index (κ2) is 12.9. The van der Waals surface area contributed by atoms with E-state index < -0.39 is 60.2 Å². The molecule has 0 aliphatic carbocycles. The third kappa shape index (κ3) is 6.60. The molecule has 5 atom stereocenters. The number of carbonyl (C=O) groups is 5. The molecule has 4 amide bonds. The van der Waals surface area contributed by atoms with Crippen LogP contribution in [0.25, 0.3) is 0 Å². The Morgan fingerprint density at radius 3 is 2.31 bits per heavy atom. The maximum atomic E-state index is 14.0. The molecule has 3 aliphatic heterocycles. The predicted octanol–water partition coefficient (Wildman–Crippen LogP) is 1.10. The summed E-state index contributed by atoms with van der Waals surface area (Å²) >= 11 is 0. The zero-order valence-corrected chi connectivity index (χ0v) is 22.8. The summed E-state index contributed by atoms with van der Waals surface area (Å²) in [6.07, 6.45) is 1.79. The maximum absolute atomic E-state index is 14.0. The van der Waals surface area contributed by atoms with Crippen LogP contribution in [0.3, 0.4) is 0 Å². The first-order chi connectivity index (χ1) is 20.3. The number of fused-ring (bicyclic) bond motifs is 1. The molecule has 2 fully saturated rings. The monoisotopic (exact) mass is 576 g/mol. The van der Waals surface area contributed by atoms with E-state index in [1.54, 1.807) is 36.4 Å². The number of aliphatic hydroxyl groups is 1. The van der Waals surface area contributed by atoms with Gasteiger partial charge in [0.2, 0.25) is 18.1 Å². The van der Waals surface area contributed by atoms with E-state index >= 15 is 0 Å². The first kappa shape index (κ1) is 28.8. The molecular weight excluding hydrogens is 544 g/mol. The topological polar surface area (TPSA) is 155 Å². The Bertz CT molecular complexity index is 1350. The summed E-state index contributed by atoms with van der Waals surface area (Å²) in [7, 11) is 0. The number of aliphatic hydroxyl groups excluding tert-OH is 1. The number of nitrogens with zero attached hydrogens (tertiary/aromatic N) is 2. The highest BCUT2D eigenvalue weighted by molar-refractivity contribution is 5.99. The Morgan fingerprint density at radius 1 is 0.929 bits per heavy atom. The molecule has 0 saturated carbocycles. The number of carbonyl (C=O) groups excluding carboxylic acids is 5. The van der Waals surface area contributed by atoms with Crippen LogP contribution in [0.1, 0.15) is 35.2 Å². The van der Waals surface area contributed by atoms with Crippen LogP contribution in [0.15, 0.2) is 72.8 Å². The molecular formula is C30H32N4O8. The third-order valence-corrected chi connectivity index (χ3v) is 7.47. The van der Waals surface area contributed by atoms with Crippen LogP contribution in [0.5, 0.6) is 0 Å². The van der Waals surface area contributed by atoms with E-state index in [0.717, 1.165) is 5.56 Å². The Kier molecular flexibility index (Phi) is 8.82. The van der Waals surface area contributed by atoms with Crippen molar-refractivity contribution < 1.29 is 38.6 Å². The smallest absolute Gasteiger partial charge is 0.410 e. The zero-order valence-electron chi connectivity index (χ0n) is 22.8. The van der Waals surface area contributed by atoms with Gasteiger partial charge in [-0.05, 0) is 30.5 Å². The van der Waals surface area contributed by atoms with E-state index in [9.17, 15) is 29.1 Å². The van der Waals surface area contributed by atoms with Crippen molar-refractivity contribution in [1.82, 2.24) is 20.4 Å². The molecule has 0 bridgehead atoms. The van der Waals surface area contributed by atoms with Crippen LogP contribution in [0.4, 0.5) is 4.79 Å². The molecule has 3 heterocycles. The number of hydrogen-bond donors (Lipinski definition) is 3. The molecule has 2 saturated heterocycles. The van der Waals surface area contributed by atoms with Gasteiger partial charge in [-0.3, -0.25) is 19.2 Å². The number of hydrogen-bond acceptors (Lipinski definition) is 8. The highest BCUT2D eigenvalue weighted by Crippen LogP contribution is 2.25. The summed E-state index contributed by atoms with van der Waals surface area (Å²) in [5, 5.41) is 15.4. The molecule has 220 valence electrons. The van der Waals surface area contributed by atoms with Crippen molar-refractivity contribution in [2.45, 2.75) is 56.3 Å². The quantitative estimate of drug-likeness (QED) is 0.341. The standard InChI is InChI=1S/C30H32N4O8/c35-25-15-23(29(39)42-25)32-27(37)24-17-33(30(40)41-18-19-9-3-1-4-10-19)16-21-13-7-8-14-22(28(38)34(21)24)31-26(36)20-11-5-2-6-12-20/h1-12,21-24,29,39H,13-18H2,(H,31,36)(H,32,37). The fraction of sp³-hybridized carbons (Fsp3) is 0.367. The second-order valence-corrected chi connectivity index (χ2v) is 10.4. The van der Waals surface area contributed by atoms with Crippen LogP contribution in [-0.4, -0.2) is 88.2 Å². The molecule has 0 aromatic heterocycles. The predicted molar refractivity (Wildman–Crippen MR) is 147 cm³/mol. The normalized spacial score (nSPS) is 25.5. The van der Waals surface area contributed by atoms with Gasteiger partial charge in [0.1, 0.15) is 24.7 Å². The van der Waals surface area contributed by atoms with Gasteiger partial charge in [-0.2, -0.15) is 0 Å². The first-order valence-corrected chi connectivity index (χ1v) is 13.8. The summed E-state index contributed by atoms with van der Waals surface area (Å²) < 4.78 is 10.3. The van der Waals surface area contributed by atoms with Crippen LogP contribution in [-0.2, 0) is 30.5 Å². The van der Waals surface area contributed by atoms with Gasteiger partial charge in [-0.1, -0.05) is 60.7 Å². The highest BCUT2D eigenvalue weighted by Gasteiger charge is 2.46. The lowest BCUT2D eigenvalue weighted by atomic mass is 9.96. The lowest BCUT2D eigenvalue weighted by molar-refractivity contribution is -0.156. The van der Waals surface area contributed by atoms with E-state index in [4.69, 9.17) is 9.47 Å². The van der Waals surface area contributed by atoms with Gasteiger partial charge in [0, 0.05) is 12.1 Å². The lowest BCUT2D eigenvalue weighted by Crippen LogP contribution is -2.68. The largest absolute Gasteiger partial charge is 0.445 e. The molecule has 3 N–H and O–H groups in total. The van der Waals surface area contributed by atoms with Crippen molar-refractivity contribution in [2.75, 3.05) is 13.1 Å². The average Bonchev–Trinajstić information content (AvgIpc) is 3.32. The molecule has 0 radical (unpaired) electrons. The highest BCUT2D eigenvalue weighted by atomic mass is 16.6. The van der Waals surface area contributed by atoms with Crippen LogP contribution >= 0.6 is 0 Å².